The number of hydrogen-bond acceptors (Lipinski definition) is 6. The Bertz CT molecular complexity index is 969. The monoisotopic (exact) mass is 410 g/mol. The molecule has 158 valence electrons. The highest BCUT2D eigenvalue weighted by Crippen LogP contribution is 2.43. The fraction of sp³-hybridized carbons (Fsp3) is 0.304. The van der Waals surface area contributed by atoms with Crippen molar-refractivity contribution in [2.75, 3.05) is 41.4 Å². The molecular formula is C23H26N2O5. The van der Waals surface area contributed by atoms with Crippen molar-refractivity contribution in [1.29, 1.82) is 0 Å². The molecule has 1 amide bonds. The number of hydrogen-bond donors (Lipinski definition) is 1. The Kier molecular flexibility index (Phi) is 6.42. The maximum atomic E-state index is 13.0. The van der Waals surface area contributed by atoms with E-state index in [2.05, 4.69) is 0 Å². The van der Waals surface area contributed by atoms with E-state index in [-0.39, 0.29) is 11.3 Å². The van der Waals surface area contributed by atoms with Gasteiger partial charge in [0.2, 0.25) is 0 Å². The first-order chi connectivity index (χ1) is 14.4. The Hall–Kier alpha value is -3.32. The largest absolute Gasteiger partial charge is 0.507 e. The normalized spacial score (nSPS) is 18.2. The van der Waals surface area contributed by atoms with E-state index in [4.69, 9.17) is 9.47 Å². The Labute approximate surface area is 176 Å². The van der Waals surface area contributed by atoms with Crippen LogP contribution in [-0.4, -0.2) is 68.0 Å². The number of aliphatic hydroxyl groups is 1. The minimum Gasteiger partial charge on any atom is -0.507 e. The van der Waals surface area contributed by atoms with Gasteiger partial charge in [0, 0.05) is 24.2 Å². The van der Waals surface area contributed by atoms with Gasteiger partial charge in [-0.3, -0.25) is 9.59 Å². The number of methoxy groups -OCH3 is 2. The average Bonchev–Trinajstić information content (AvgIpc) is 3.01. The number of likely N-dealkylation sites (tertiary alicyclic amines) is 1. The lowest BCUT2D eigenvalue weighted by molar-refractivity contribution is -0.140. The molecule has 0 saturated carbocycles. The molecule has 30 heavy (non-hydrogen) atoms. The van der Waals surface area contributed by atoms with E-state index in [1.165, 1.54) is 12.0 Å². The number of rotatable bonds is 7. The topological polar surface area (TPSA) is 79.3 Å². The van der Waals surface area contributed by atoms with Crippen LogP contribution in [0.2, 0.25) is 0 Å². The standard InChI is InChI=1S/C23H26N2O5/c1-24(2)12-13-25-20(17-14-16(29-3)10-11-18(17)30-4)19(22(27)23(25)28)21(26)15-8-6-5-7-9-15/h5-11,14,20,26H,12-13H2,1-4H3/b21-19+/t20-/m1/s1. The molecule has 0 aliphatic carbocycles. The molecule has 0 spiro atoms. The molecule has 1 N–H and O–H groups in total. The van der Waals surface area contributed by atoms with Crippen LogP contribution < -0.4 is 9.47 Å². The summed E-state index contributed by atoms with van der Waals surface area (Å²) in [6.07, 6.45) is 0. The molecule has 1 aliphatic heterocycles. The third-order valence-electron chi connectivity index (χ3n) is 5.11. The molecule has 3 rings (SSSR count). The molecule has 2 aromatic carbocycles. The number of ketones is 1. The Balaban J connectivity index is 2.23. The number of aliphatic hydroxyl groups excluding tert-OH is 1. The summed E-state index contributed by atoms with van der Waals surface area (Å²) >= 11 is 0. The number of carbonyl (C=O) groups excluding carboxylic acids is 2. The van der Waals surface area contributed by atoms with Crippen molar-refractivity contribution in [2.45, 2.75) is 6.04 Å². The van der Waals surface area contributed by atoms with Crippen LogP contribution in [0.5, 0.6) is 11.5 Å². The molecule has 1 atom stereocenters. The number of nitrogens with zero attached hydrogens (tertiary/aromatic N) is 2. The number of benzene rings is 2. The zero-order valence-electron chi connectivity index (χ0n) is 17.6. The number of Topliss-reactive ketones (excluding diaryl/α,β-unsaturated/α-hetero) is 1. The molecule has 1 fully saturated rings. The zero-order valence-corrected chi connectivity index (χ0v) is 17.6. The van der Waals surface area contributed by atoms with Gasteiger partial charge in [0.05, 0.1) is 25.8 Å². The smallest absolute Gasteiger partial charge is 0.295 e. The molecule has 0 radical (unpaired) electrons. The van der Waals surface area contributed by atoms with Gasteiger partial charge in [-0.25, -0.2) is 0 Å². The van der Waals surface area contributed by atoms with Gasteiger partial charge in [-0.15, -0.1) is 0 Å². The molecule has 7 heteroatoms. The number of carbonyl (C=O) groups is 2. The first kappa shape index (κ1) is 21.4. The second-order valence-corrected chi connectivity index (χ2v) is 7.27. The Morgan fingerprint density at radius 3 is 2.37 bits per heavy atom. The number of likely N-dealkylation sites (N-methyl/N-ethyl adjacent to an activating group) is 1. The second kappa shape index (κ2) is 9.00. The van der Waals surface area contributed by atoms with E-state index in [9.17, 15) is 14.7 Å². The van der Waals surface area contributed by atoms with E-state index in [1.54, 1.807) is 49.6 Å². The lowest BCUT2D eigenvalue weighted by Crippen LogP contribution is -2.35. The third kappa shape index (κ3) is 4.02. The zero-order chi connectivity index (χ0) is 21.8. The Morgan fingerprint density at radius 2 is 1.77 bits per heavy atom. The van der Waals surface area contributed by atoms with Crippen molar-refractivity contribution in [1.82, 2.24) is 9.80 Å². The van der Waals surface area contributed by atoms with E-state index in [0.717, 1.165) is 0 Å². The van der Waals surface area contributed by atoms with Crippen LogP contribution in [0.1, 0.15) is 17.2 Å². The van der Waals surface area contributed by atoms with Gasteiger partial charge in [0.25, 0.3) is 11.7 Å². The molecule has 1 saturated heterocycles. The maximum Gasteiger partial charge on any atom is 0.295 e. The van der Waals surface area contributed by atoms with Crippen LogP contribution in [-0.2, 0) is 9.59 Å². The molecular weight excluding hydrogens is 384 g/mol. The van der Waals surface area contributed by atoms with Crippen LogP contribution in [0.4, 0.5) is 0 Å². The number of ether oxygens (including phenoxy) is 2. The fourth-order valence-corrected chi connectivity index (χ4v) is 3.55. The first-order valence-electron chi connectivity index (χ1n) is 9.59. The molecule has 0 bridgehead atoms. The molecule has 0 unspecified atom stereocenters. The van der Waals surface area contributed by atoms with Crippen molar-refractivity contribution < 1.29 is 24.2 Å². The first-order valence-corrected chi connectivity index (χ1v) is 9.59. The molecule has 7 nitrogen and oxygen atoms in total. The molecule has 1 heterocycles. The minimum absolute atomic E-state index is 0.0384. The maximum absolute atomic E-state index is 13.0. The van der Waals surface area contributed by atoms with Crippen molar-refractivity contribution in [3.8, 4) is 11.5 Å². The molecule has 1 aliphatic rings. The van der Waals surface area contributed by atoms with E-state index in [1.807, 2.05) is 25.1 Å². The van der Waals surface area contributed by atoms with Crippen molar-refractivity contribution in [3.63, 3.8) is 0 Å². The van der Waals surface area contributed by atoms with Crippen LogP contribution in [0.15, 0.2) is 54.1 Å². The van der Waals surface area contributed by atoms with E-state index >= 15 is 0 Å². The summed E-state index contributed by atoms with van der Waals surface area (Å²) in [5, 5.41) is 11.0. The highest BCUT2D eigenvalue weighted by molar-refractivity contribution is 6.46. The predicted molar refractivity (Wildman–Crippen MR) is 114 cm³/mol. The van der Waals surface area contributed by atoms with E-state index in [0.29, 0.717) is 35.7 Å². The van der Waals surface area contributed by atoms with Crippen LogP contribution in [0.3, 0.4) is 0 Å². The van der Waals surface area contributed by atoms with Crippen LogP contribution in [0, 0.1) is 0 Å². The lowest BCUT2D eigenvalue weighted by Gasteiger charge is -2.28. The van der Waals surface area contributed by atoms with Gasteiger partial charge in [-0.05, 0) is 32.3 Å². The Morgan fingerprint density at radius 1 is 1.07 bits per heavy atom. The summed E-state index contributed by atoms with van der Waals surface area (Å²) in [6, 6.07) is 13.1. The van der Waals surface area contributed by atoms with Gasteiger partial charge in [0.15, 0.2) is 0 Å². The SMILES string of the molecule is COc1ccc(OC)c([C@@H]2/C(=C(\O)c3ccccc3)C(=O)C(=O)N2CCN(C)C)c1. The van der Waals surface area contributed by atoms with Crippen molar-refractivity contribution in [2.24, 2.45) is 0 Å². The molecule has 0 aromatic heterocycles. The van der Waals surface area contributed by atoms with Crippen molar-refractivity contribution in [3.05, 3.63) is 65.2 Å². The highest BCUT2D eigenvalue weighted by Gasteiger charge is 2.47. The lowest BCUT2D eigenvalue weighted by atomic mass is 9.94. The van der Waals surface area contributed by atoms with E-state index < -0.39 is 17.7 Å². The minimum atomic E-state index is -0.796. The van der Waals surface area contributed by atoms with Gasteiger partial charge < -0.3 is 24.4 Å². The van der Waals surface area contributed by atoms with Crippen LogP contribution >= 0.6 is 0 Å². The van der Waals surface area contributed by atoms with Gasteiger partial charge in [-0.2, -0.15) is 0 Å². The van der Waals surface area contributed by atoms with Crippen molar-refractivity contribution >= 4 is 17.4 Å². The average molecular weight is 410 g/mol. The van der Waals surface area contributed by atoms with Gasteiger partial charge in [-0.1, -0.05) is 30.3 Å². The van der Waals surface area contributed by atoms with Gasteiger partial charge >= 0.3 is 0 Å². The summed E-state index contributed by atoms with van der Waals surface area (Å²) in [5.74, 6) is -0.523. The van der Waals surface area contributed by atoms with Gasteiger partial charge in [0.1, 0.15) is 17.3 Å². The quantitative estimate of drug-likeness (QED) is 0.430. The van der Waals surface area contributed by atoms with Crippen LogP contribution in [0.25, 0.3) is 5.76 Å². The second-order valence-electron chi connectivity index (χ2n) is 7.27. The molecule has 2 aromatic rings. The summed E-state index contributed by atoms with van der Waals surface area (Å²) in [6.45, 7) is 0.870. The summed E-state index contributed by atoms with van der Waals surface area (Å²) < 4.78 is 10.9. The highest BCUT2D eigenvalue weighted by atomic mass is 16.5. The summed E-state index contributed by atoms with van der Waals surface area (Å²) in [7, 11) is 6.84. The summed E-state index contributed by atoms with van der Waals surface area (Å²) in [4.78, 5) is 29.4. The number of amides is 1. The third-order valence-corrected chi connectivity index (χ3v) is 5.11. The predicted octanol–water partition coefficient (Wildman–Crippen LogP) is 2.69. The summed E-state index contributed by atoms with van der Waals surface area (Å²) in [5.41, 5.74) is 1.08. The fourth-order valence-electron chi connectivity index (χ4n) is 3.55.